The largest absolute Gasteiger partial charge is 0.334 e. The lowest BCUT2D eigenvalue weighted by Crippen LogP contribution is -2.61. The second-order valence-electron chi connectivity index (χ2n) is 6.71. The minimum absolute atomic E-state index is 0.0575. The minimum atomic E-state index is -0.393. The van der Waals surface area contributed by atoms with Gasteiger partial charge in [-0.25, -0.2) is 0 Å². The summed E-state index contributed by atoms with van der Waals surface area (Å²) in [6.45, 7) is 1.00. The Morgan fingerprint density at radius 3 is 1.65 bits per heavy atom. The van der Waals surface area contributed by atoms with Crippen LogP contribution in [-0.4, -0.2) is 35.1 Å². The van der Waals surface area contributed by atoms with Gasteiger partial charge in [0.15, 0.2) is 6.29 Å². The minimum Gasteiger partial charge on any atom is -0.334 e. The number of rotatable bonds is 3. The van der Waals surface area contributed by atoms with Crippen LogP contribution >= 0.6 is 0 Å². The van der Waals surface area contributed by atoms with E-state index in [0.717, 1.165) is 22.5 Å². The Morgan fingerprint density at radius 2 is 1.31 bits per heavy atom. The first-order chi connectivity index (χ1) is 12.4. The van der Waals surface area contributed by atoms with Crippen molar-refractivity contribution in [1.82, 2.24) is 4.90 Å². The van der Waals surface area contributed by atoms with Crippen molar-refractivity contribution in [2.24, 2.45) is 0 Å². The summed E-state index contributed by atoms with van der Waals surface area (Å²) >= 11 is 0. The number of nitro benzene ring substituents is 2. The highest BCUT2D eigenvalue weighted by atomic mass is 16.6. The van der Waals surface area contributed by atoms with Crippen LogP contribution in [0.4, 0.5) is 22.7 Å². The predicted octanol–water partition coefficient (Wildman–Crippen LogP) is 2.69. The topological polar surface area (TPSA) is 96.0 Å². The molecular formula is C17H17N5O4. The van der Waals surface area contributed by atoms with E-state index in [1.54, 1.807) is 24.3 Å². The van der Waals surface area contributed by atoms with Crippen molar-refractivity contribution in [3.8, 4) is 0 Å². The van der Waals surface area contributed by atoms with Crippen LogP contribution < -0.4 is 9.80 Å². The molecule has 0 fully saturated rings. The van der Waals surface area contributed by atoms with Crippen LogP contribution in [0.15, 0.2) is 36.4 Å². The van der Waals surface area contributed by atoms with E-state index in [9.17, 15) is 20.2 Å². The van der Waals surface area contributed by atoms with Gasteiger partial charge in [-0.3, -0.25) is 25.1 Å². The summed E-state index contributed by atoms with van der Waals surface area (Å²) in [5.74, 6) is 0. The number of nitrogens with zero attached hydrogens (tertiary/aromatic N) is 5. The number of nitro groups is 2. The molecule has 0 amide bonds. The Kier molecular flexibility index (Phi) is 3.55. The van der Waals surface area contributed by atoms with Gasteiger partial charge in [0, 0.05) is 59.9 Å². The van der Waals surface area contributed by atoms with Gasteiger partial charge >= 0.3 is 0 Å². The highest BCUT2D eigenvalue weighted by Gasteiger charge is 2.39. The van der Waals surface area contributed by atoms with E-state index in [1.165, 1.54) is 12.1 Å². The van der Waals surface area contributed by atoms with Crippen molar-refractivity contribution in [3.05, 3.63) is 67.8 Å². The number of benzene rings is 2. The third-order valence-electron chi connectivity index (χ3n) is 4.87. The molecule has 0 saturated heterocycles. The molecule has 4 rings (SSSR count). The summed E-state index contributed by atoms with van der Waals surface area (Å²) in [5, 5.41) is 22.2. The Labute approximate surface area is 149 Å². The van der Waals surface area contributed by atoms with Crippen molar-refractivity contribution in [1.29, 1.82) is 0 Å². The Morgan fingerprint density at radius 1 is 0.885 bits per heavy atom. The van der Waals surface area contributed by atoms with Gasteiger partial charge in [0.25, 0.3) is 11.4 Å². The van der Waals surface area contributed by atoms with Crippen molar-refractivity contribution < 1.29 is 9.85 Å². The number of non-ortho nitro benzene ring substituents is 2. The first-order valence-corrected chi connectivity index (χ1v) is 8.11. The van der Waals surface area contributed by atoms with Crippen LogP contribution in [0.3, 0.4) is 0 Å². The Bertz CT molecular complexity index is 858. The predicted molar refractivity (Wildman–Crippen MR) is 96.0 cm³/mol. The number of hydrogen-bond acceptors (Lipinski definition) is 7. The molecule has 0 saturated carbocycles. The molecule has 0 aromatic heterocycles. The zero-order valence-corrected chi connectivity index (χ0v) is 14.3. The number of hydrogen-bond donors (Lipinski definition) is 0. The quantitative estimate of drug-likeness (QED) is 0.617. The van der Waals surface area contributed by atoms with Crippen LogP contribution in [0, 0.1) is 20.2 Å². The normalized spacial score (nSPS) is 15.7. The van der Waals surface area contributed by atoms with Gasteiger partial charge in [0.2, 0.25) is 0 Å². The van der Waals surface area contributed by atoms with Gasteiger partial charge in [0.1, 0.15) is 0 Å². The van der Waals surface area contributed by atoms with Gasteiger partial charge in [-0.05, 0) is 26.2 Å². The lowest BCUT2D eigenvalue weighted by Gasteiger charge is -2.53. The van der Waals surface area contributed by atoms with Gasteiger partial charge in [-0.15, -0.1) is 0 Å². The molecule has 0 unspecified atom stereocenters. The summed E-state index contributed by atoms with van der Waals surface area (Å²) in [6, 6.07) is 9.76. The van der Waals surface area contributed by atoms with E-state index in [1.807, 2.05) is 14.1 Å². The molecule has 0 spiro atoms. The van der Waals surface area contributed by atoms with Crippen LogP contribution in [0.2, 0.25) is 0 Å². The van der Waals surface area contributed by atoms with Crippen LogP contribution in [0.25, 0.3) is 0 Å². The van der Waals surface area contributed by atoms with Gasteiger partial charge in [-0.1, -0.05) is 0 Å². The molecule has 2 bridgehead atoms. The first-order valence-electron chi connectivity index (χ1n) is 8.11. The average Bonchev–Trinajstić information content (AvgIpc) is 2.60. The molecule has 2 heterocycles. The van der Waals surface area contributed by atoms with Crippen molar-refractivity contribution in [3.63, 3.8) is 0 Å². The summed E-state index contributed by atoms with van der Waals surface area (Å²) in [5.41, 5.74) is 3.72. The maximum atomic E-state index is 11.1. The van der Waals surface area contributed by atoms with E-state index >= 15 is 0 Å². The molecule has 2 aliphatic rings. The van der Waals surface area contributed by atoms with E-state index < -0.39 is 9.85 Å². The molecule has 134 valence electrons. The summed E-state index contributed by atoms with van der Waals surface area (Å²) < 4.78 is 0. The van der Waals surface area contributed by atoms with E-state index in [4.69, 9.17) is 0 Å². The molecule has 0 N–H and O–H groups in total. The van der Waals surface area contributed by atoms with Crippen LogP contribution in [0.1, 0.15) is 11.1 Å². The molecule has 2 aromatic rings. The van der Waals surface area contributed by atoms with E-state index in [0.29, 0.717) is 13.1 Å². The second-order valence-corrected chi connectivity index (χ2v) is 6.71. The lowest BCUT2D eigenvalue weighted by molar-refractivity contribution is -0.385. The smallest absolute Gasteiger partial charge is 0.269 e. The third-order valence-corrected chi connectivity index (χ3v) is 4.87. The molecular weight excluding hydrogens is 338 g/mol. The molecule has 0 aliphatic carbocycles. The molecule has 0 radical (unpaired) electrons. The maximum Gasteiger partial charge on any atom is 0.269 e. The summed E-state index contributed by atoms with van der Waals surface area (Å²) in [7, 11) is 3.94. The van der Waals surface area contributed by atoms with E-state index in [2.05, 4.69) is 14.7 Å². The zero-order valence-electron chi connectivity index (χ0n) is 14.3. The molecule has 9 nitrogen and oxygen atoms in total. The van der Waals surface area contributed by atoms with Gasteiger partial charge < -0.3 is 9.80 Å². The van der Waals surface area contributed by atoms with Crippen molar-refractivity contribution >= 4 is 22.7 Å². The van der Waals surface area contributed by atoms with Crippen LogP contribution in [-0.2, 0) is 13.1 Å². The van der Waals surface area contributed by atoms with Crippen molar-refractivity contribution in [2.45, 2.75) is 19.4 Å². The molecule has 2 aliphatic heterocycles. The molecule has 0 atom stereocenters. The monoisotopic (exact) mass is 355 g/mol. The number of anilines is 2. The molecule has 2 aromatic carbocycles. The second kappa shape index (κ2) is 5.67. The van der Waals surface area contributed by atoms with E-state index in [-0.39, 0.29) is 17.7 Å². The first kappa shape index (κ1) is 16.3. The zero-order chi connectivity index (χ0) is 18.6. The third kappa shape index (κ3) is 2.36. The number of fused-ring (bicyclic) bond motifs is 6. The van der Waals surface area contributed by atoms with Gasteiger partial charge in [0.05, 0.1) is 9.85 Å². The maximum absolute atomic E-state index is 11.1. The highest BCUT2D eigenvalue weighted by Crippen LogP contribution is 2.43. The Balaban J connectivity index is 1.85. The SMILES string of the molecule is CN(C)C1N2Cc3cc([N+](=O)[O-])ccc3N1Cc1cc([N+](=O)[O-])ccc12. The Hall–Kier alpha value is -3.20. The fourth-order valence-electron chi connectivity index (χ4n) is 3.86. The highest BCUT2D eigenvalue weighted by molar-refractivity contribution is 5.71. The van der Waals surface area contributed by atoms with Crippen molar-refractivity contribution in [2.75, 3.05) is 23.9 Å². The summed E-state index contributed by atoms with van der Waals surface area (Å²) in [4.78, 5) is 27.7. The molecule has 9 heteroatoms. The standard InChI is InChI=1S/C17H17N5O4/c1-18(2)17-19-10-12-8-14(22(25)26)4-6-16(12)20(17)9-11-7-13(21(23)24)3-5-15(11)19/h3-8,17H,9-10H2,1-2H3. The molecule has 26 heavy (non-hydrogen) atoms. The lowest BCUT2D eigenvalue weighted by atomic mass is 9.99. The fraction of sp³-hybridized carbons (Fsp3) is 0.294. The van der Waals surface area contributed by atoms with Gasteiger partial charge in [-0.2, -0.15) is 0 Å². The fourth-order valence-corrected chi connectivity index (χ4v) is 3.86. The van der Waals surface area contributed by atoms with Crippen LogP contribution in [0.5, 0.6) is 0 Å². The average molecular weight is 355 g/mol. The summed E-state index contributed by atoms with van der Waals surface area (Å²) in [6.07, 6.45) is -0.0575.